The number of nitrogens with zero attached hydrogens (tertiary/aromatic N) is 1. The lowest BCUT2D eigenvalue weighted by Crippen LogP contribution is -2.28. The minimum Gasteiger partial charge on any atom is -0.309 e. The number of hydrogen-bond acceptors (Lipinski definition) is 3. The highest BCUT2D eigenvalue weighted by atomic mass is 32.1. The first-order valence-corrected chi connectivity index (χ1v) is 7.52. The molecule has 0 aromatic carbocycles. The Balaban J connectivity index is 1.75. The third kappa shape index (κ3) is 3.54. The predicted molar refractivity (Wildman–Crippen MR) is 75.7 cm³/mol. The van der Waals surface area contributed by atoms with Crippen molar-refractivity contribution < 1.29 is 0 Å². The lowest BCUT2D eigenvalue weighted by atomic mass is 10.1. The number of thiophene rings is 1. The van der Waals surface area contributed by atoms with E-state index in [1.54, 1.807) is 0 Å². The second kappa shape index (κ2) is 5.98. The average molecular weight is 252 g/mol. The summed E-state index contributed by atoms with van der Waals surface area (Å²) in [6, 6.07) is 4.97. The molecule has 0 aliphatic carbocycles. The van der Waals surface area contributed by atoms with Gasteiger partial charge in [0.1, 0.15) is 0 Å². The second-order valence-electron chi connectivity index (χ2n) is 5.13. The Kier molecular flexibility index (Phi) is 4.60. The van der Waals surface area contributed by atoms with Gasteiger partial charge < -0.3 is 10.2 Å². The van der Waals surface area contributed by atoms with Crippen molar-refractivity contribution in [3.63, 3.8) is 0 Å². The maximum Gasteiger partial charge on any atom is 0.0386 e. The van der Waals surface area contributed by atoms with Crippen LogP contribution >= 0.6 is 11.3 Å². The van der Waals surface area contributed by atoms with Crippen LogP contribution in [-0.4, -0.2) is 31.1 Å². The van der Waals surface area contributed by atoms with Crippen molar-refractivity contribution in [2.24, 2.45) is 5.92 Å². The van der Waals surface area contributed by atoms with Crippen molar-refractivity contribution in [2.45, 2.75) is 33.2 Å². The van der Waals surface area contributed by atoms with Gasteiger partial charge in [0.2, 0.25) is 0 Å². The molecule has 1 aromatic rings. The fourth-order valence-electron chi connectivity index (χ4n) is 2.50. The maximum absolute atomic E-state index is 3.68. The van der Waals surface area contributed by atoms with Gasteiger partial charge in [-0.1, -0.05) is 6.92 Å². The van der Waals surface area contributed by atoms with Crippen molar-refractivity contribution in [3.8, 4) is 0 Å². The number of rotatable bonds is 5. The van der Waals surface area contributed by atoms with E-state index in [-0.39, 0.29) is 0 Å². The lowest BCUT2D eigenvalue weighted by molar-refractivity contribution is 0.336. The predicted octanol–water partition coefficient (Wildman–Crippen LogP) is 3.05. The molecule has 0 radical (unpaired) electrons. The molecule has 1 aromatic heterocycles. The van der Waals surface area contributed by atoms with Crippen molar-refractivity contribution in [1.29, 1.82) is 0 Å². The van der Waals surface area contributed by atoms with Crippen LogP contribution in [0.5, 0.6) is 0 Å². The van der Waals surface area contributed by atoms with Gasteiger partial charge in [-0.05, 0) is 58.0 Å². The summed E-state index contributed by atoms with van der Waals surface area (Å²) in [4.78, 5) is 5.42. The lowest BCUT2D eigenvalue weighted by Gasteiger charge is -2.17. The van der Waals surface area contributed by atoms with E-state index >= 15 is 0 Å². The molecule has 0 bridgehead atoms. The van der Waals surface area contributed by atoms with Crippen LogP contribution in [0.15, 0.2) is 12.1 Å². The smallest absolute Gasteiger partial charge is 0.0386 e. The maximum atomic E-state index is 3.68. The minimum atomic E-state index is 0.504. The van der Waals surface area contributed by atoms with Crippen LogP contribution in [0.2, 0.25) is 0 Å². The molecule has 2 rings (SSSR count). The highest BCUT2D eigenvalue weighted by molar-refractivity contribution is 7.12. The fraction of sp³-hybridized carbons (Fsp3) is 0.714. The van der Waals surface area contributed by atoms with E-state index in [9.17, 15) is 0 Å². The summed E-state index contributed by atoms with van der Waals surface area (Å²) in [5.74, 6) is 0.846. The first-order chi connectivity index (χ1) is 8.19. The summed E-state index contributed by atoms with van der Waals surface area (Å²) in [6.45, 7) is 11.6. The van der Waals surface area contributed by atoms with E-state index in [4.69, 9.17) is 0 Å². The molecule has 0 amide bonds. The zero-order valence-corrected chi connectivity index (χ0v) is 12.0. The SMILES string of the molecule is CCN1CCC(CNC(C)c2ccc(C)s2)C1. The zero-order chi connectivity index (χ0) is 12.3. The topological polar surface area (TPSA) is 15.3 Å². The van der Waals surface area contributed by atoms with Crippen LogP contribution in [0.1, 0.15) is 36.1 Å². The van der Waals surface area contributed by atoms with Gasteiger partial charge in [-0.3, -0.25) is 0 Å². The van der Waals surface area contributed by atoms with E-state index < -0.39 is 0 Å². The largest absolute Gasteiger partial charge is 0.309 e. The zero-order valence-electron chi connectivity index (χ0n) is 11.2. The Morgan fingerprint density at radius 3 is 2.94 bits per heavy atom. The Labute approximate surface area is 109 Å². The van der Waals surface area contributed by atoms with Gasteiger partial charge in [0, 0.05) is 22.3 Å². The van der Waals surface area contributed by atoms with E-state index in [0.717, 1.165) is 12.5 Å². The summed E-state index contributed by atoms with van der Waals surface area (Å²) in [7, 11) is 0. The van der Waals surface area contributed by atoms with Gasteiger partial charge in [-0.25, -0.2) is 0 Å². The Morgan fingerprint density at radius 2 is 2.35 bits per heavy atom. The van der Waals surface area contributed by atoms with Gasteiger partial charge in [-0.2, -0.15) is 0 Å². The second-order valence-corrected chi connectivity index (χ2v) is 6.45. The summed E-state index contributed by atoms with van der Waals surface area (Å²) >= 11 is 1.91. The quantitative estimate of drug-likeness (QED) is 0.866. The van der Waals surface area contributed by atoms with E-state index in [0.29, 0.717) is 6.04 Å². The van der Waals surface area contributed by atoms with E-state index in [1.165, 1.54) is 35.8 Å². The third-order valence-corrected chi connectivity index (χ3v) is 4.90. The van der Waals surface area contributed by atoms with Crippen LogP contribution in [0.4, 0.5) is 0 Å². The van der Waals surface area contributed by atoms with Crippen LogP contribution in [0.3, 0.4) is 0 Å². The molecule has 0 spiro atoms. The van der Waals surface area contributed by atoms with Crippen LogP contribution in [0, 0.1) is 12.8 Å². The van der Waals surface area contributed by atoms with Crippen LogP contribution in [0.25, 0.3) is 0 Å². The number of nitrogens with one attached hydrogen (secondary N) is 1. The highest BCUT2D eigenvalue weighted by Crippen LogP contribution is 2.23. The Bertz CT molecular complexity index is 348. The van der Waals surface area contributed by atoms with Gasteiger partial charge >= 0.3 is 0 Å². The first kappa shape index (κ1) is 13.1. The van der Waals surface area contributed by atoms with Gasteiger partial charge in [0.05, 0.1) is 0 Å². The molecule has 96 valence electrons. The summed E-state index contributed by atoms with van der Waals surface area (Å²) in [5.41, 5.74) is 0. The molecule has 2 unspecified atom stereocenters. The molecule has 0 saturated carbocycles. The highest BCUT2D eigenvalue weighted by Gasteiger charge is 2.21. The summed E-state index contributed by atoms with van der Waals surface area (Å²) < 4.78 is 0. The first-order valence-electron chi connectivity index (χ1n) is 6.71. The molecule has 17 heavy (non-hydrogen) atoms. The molecule has 3 heteroatoms. The van der Waals surface area contributed by atoms with Crippen LogP contribution < -0.4 is 5.32 Å². The van der Waals surface area contributed by atoms with Crippen molar-refractivity contribution in [2.75, 3.05) is 26.2 Å². The van der Waals surface area contributed by atoms with E-state index in [2.05, 4.69) is 43.1 Å². The molecule has 2 nitrogen and oxygen atoms in total. The monoisotopic (exact) mass is 252 g/mol. The molecule has 1 saturated heterocycles. The van der Waals surface area contributed by atoms with Gasteiger partial charge in [-0.15, -0.1) is 11.3 Å². The Hall–Kier alpha value is -0.380. The average Bonchev–Trinajstić information content (AvgIpc) is 2.94. The van der Waals surface area contributed by atoms with Gasteiger partial charge in [0.25, 0.3) is 0 Å². The standard InChI is InChI=1S/C14H24N2S/c1-4-16-8-7-13(10-16)9-15-12(3)14-6-5-11(2)17-14/h5-6,12-13,15H,4,7-10H2,1-3H3. The summed E-state index contributed by atoms with van der Waals surface area (Å²) in [5, 5.41) is 3.68. The van der Waals surface area contributed by atoms with E-state index in [1.807, 2.05) is 11.3 Å². The number of likely N-dealkylation sites (tertiary alicyclic amines) is 1. The molecular formula is C14H24N2S. The van der Waals surface area contributed by atoms with Crippen LogP contribution in [-0.2, 0) is 0 Å². The molecule has 1 aliphatic heterocycles. The molecule has 2 heterocycles. The molecule has 1 fully saturated rings. The van der Waals surface area contributed by atoms with Crippen molar-refractivity contribution >= 4 is 11.3 Å². The number of hydrogen-bond donors (Lipinski definition) is 1. The summed E-state index contributed by atoms with van der Waals surface area (Å²) in [6.07, 6.45) is 1.36. The third-order valence-electron chi connectivity index (χ3n) is 3.72. The fourth-order valence-corrected chi connectivity index (χ4v) is 3.40. The van der Waals surface area contributed by atoms with Crippen molar-refractivity contribution in [1.82, 2.24) is 10.2 Å². The molecule has 1 aliphatic rings. The molecule has 2 atom stereocenters. The molecule has 1 N–H and O–H groups in total. The number of aryl methyl sites for hydroxylation is 1. The van der Waals surface area contributed by atoms with Gasteiger partial charge in [0.15, 0.2) is 0 Å². The van der Waals surface area contributed by atoms with Crippen molar-refractivity contribution in [3.05, 3.63) is 21.9 Å². The normalized spacial score (nSPS) is 23.1. The minimum absolute atomic E-state index is 0.504. The molecular weight excluding hydrogens is 228 g/mol. The Morgan fingerprint density at radius 1 is 1.53 bits per heavy atom.